The molecule has 3 rings (SSSR count). The molecule has 136 valence electrons. The minimum absolute atomic E-state index is 0.0488. The molecule has 1 aliphatic rings. The molecular weight excluding hydrogens is 362 g/mol. The molecule has 0 saturated carbocycles. The smallest absolute Gasteiger partial charge is 0.230 e. The summed E-state index contributed by atoms with van der Waals surface area (Å²) in [5.41, 5.74) is 1.49. The van der Waals surface area contributed by atoms with Crippen molar-refractivity contribution < 1.29 is 4.79 Å². The monoisotopic (exact) mass is 385 g/mol. The third-order valence-electron chi connectivity index (χ3n) is 4.08. The summed E-state index contributed by atoms with van der Waals surface area (Å²) in [7, 11) is 0. The average Bonchev–Trinajstić information content (AvgIpc) is 2.69. The van der Waals surface area contributed by atoms with Gasteiger partial charge in [-0.1, -0.05) is 53.4 Å². The lowest BCUT2D eigenvalue weighted by atomic mass is 9.97. The van der Waals surface area contributed by atoms with Gasteiger partial charge in [-0.05, 0) is 44.2 Å². The van der Waals surface area contributed by atoms with E-state index in [0.717, 1.165) is 27.9 Å². The van der Waals surface area contributed by atoms with E-state index in [9.17, 15) is 4.79 Å². The van der Waals surface area contributed by atoms with E-state index in [1.807, 2.05) is 30.3 Å². The second-order valence-corrected chi connectivity index (χ2v) is 8.10. The Hall–Kier alpha value is -1.79. The SMILES string of the molecule is O=C(CSc1nccnc1Sc1ccccc1)NCCC1=CCCCC1. The van der Waals surface area contributed by atoms with Gasteiger partial charge in [0.1, 0.15) is 10.1 Å². The predicted octanol–water partition coefficient (Wildman–Crippen LogP) is 4.73. The van der Waals surface area contributed by atoms with Crippen LogP contribution in [0.1, 0.15) is 32.1 Å². The number of amides is 1. The highest BCUT2D eigenvalue weighted by atomic mass is 32.2. The fourth-order valence-electron chi connectivity index (χ4n) is 2.76. The van der Waals surface area contributed by atoms with Crippen molar-refractivity contribution in [2.45, 2.75) is 47.1 Å². The van der Waals surface area contributed by atoms with Crippen molar-refractivity contribution in [2.24, 2.45) is 0 Å². The lowest BCUT2D eigenvalue weighted by molar-refractivity contribution is -0.118. The fourth-order valence-corrected chi connectivity index (χ4v) is 4.51. The first kappa shape index (κ1) is 19.0. The number of benzene rings is 1. The number of aromatic nitrogens is 2. The molecule has 0 saturated heterocycles. The van der Waals surface area contributed by atoms with Crippen LogP contribution in [0, 0.1) is 0 Å². The molecule has 1 aromatic carbocycles. The zero-order valence-corrected chi connectivity index (χ0v) is 16.3. The zero-order chi connectivity index (χ0) is 18.0. The van der Waals surface area contributed by atoms with E-state index >= 15 is 0 Å². The van der Waals surface area contributed by atoms with E-state index in [-0.39, 0.29) is 5.91 Å². The van der Waals surface area contributed by atoms with Gasteiger partial charge in [0.15, 0.2) is 0 Å². The molecule has 1 N–H and O–H groups in total. The second-order valence-electron chi connectivity index (χ2n) is 6.08. The standard InChI is InChI=1S/C20H23N3OS2/c24-18(21-12-11-16-7-3-1-4-8-16)15-25-19-20(23-14-13-22-19)26-17-9-5-2-6-10-17/h2,5-7,9-10,13-14H,1,3-4,8,11-12,15H2,(H,21,24). The quantitative estimate of drug-likeness (QED) is 0.526. The Balaban J connectivity index is 1.46. The van der Waals surface area contributed by atoms with Gasteiger partial charge >= 0.3 is 0 Å². The molecule has 1 aliphatic carbocycles. The summed E-state index contributed by atoms with van der Waals surface area (Å²) < 4.78 is 0. The molecule has 0 atom stereocenters. The molecule has 0 radical (unpaired) electrons. The van der Waals surface area contributed by atoms with Crippen LogP contribution < -0.4 is 5.32 Å². The minimum atomic E-state index is 0.0488. The highest BCUT2D eigenvalue weighted by Crippen LogP contribution is 2.32. The number of hydrogen-bond acceptors (Lipinski definition) is 5. The summed E-state index contributed by atoms with van der Waals surface area (Å²) in [5, 5.41) is 4.65. The Morgan fingerprint density at radius 2 is 1.88 bits per heavy atom. The van der Waals surface area contributed by atoms with Crippen molar-refractivity contribution in [1.82, 2.24) is 15.3 Å². The van der Waals surface area contributed by atoms with Gasteiger partial charge in [-0.15, -0.1) is 0 Å². The number of hydrogen-bond donors (Lipinski definition) is 1. The van der Waals surface area contributed by atoms with Crippen LogP contribution in [0.5, 0.6) is 0 Å². The number of carbonyl (C=O) groups excluding carboxylic acids is 1. The highest BCUT2D eigenvalue weighted by Gasteiger charge is 2.11. The van der Waals surface area contributed by atoms with Gasteiger partial charge < -0.3 is 5.32 Å². The van der Waals surface area contributed by atoms with Gasteiger partial charge in [0.2, 0.25) is 5.91 Å². The van der Waals surface area contributed by atoms with E-state index in [4.69, 9.17) is 0 Å². The maximum Gasteiger partial charge on any atom is 0.230 e. The number of carbonyl (C=O) groups is 1. The Bertz CT molecular complexity index is 750. The third kappa shape index (κ3) is 6.18. The van der Waals surface area contributed by atoms with Gasteiger partial charge in [-0.2, -0.15) is 0 Å². The van der Waals surface area contributed by atoms with Crippen molar-refractivity contribution in [3.8, 4) is 0 Å². The van der Waals surface area contributed by atoms with Crippen LogP contribution in [-0.2, 0) is 4.79 Å². The first-order valence-corrected chi connectivity index (χ1v) is 10.7. The Kier molecular flexibility index (Phi) is 7.58. The molecule has 0 spiro atoms. The van der Waals surface area contributed by atoms with Crippen LogP contribution in [-0.4, -0.2) is 28.2 Å². The summed E-state index contributed by atoms with van der Waals surface area (Å²) in [5.74, 6) is 0.410. The Morgan fingerprint density at radius 3 is 2.65 bits per heavy atom. The first-order chi connectivity index (χ1) is 12.8. The van der Waals surface area contributed by atoms with Crippen LogP contribution in [0.3, 0.4) is 0 Å². The lowest BCUT2D eigenvalue weighted by Crippen LogP contribution is -2.26. The van der Waals surface area contributed by atoms with Gasteiger partial charge in [-0.25, -0.2) is 9.97 Å². The molecule has 0 unspecified atom stereocenters. The predicted molar refractivity (Wildman–Crippen MR) is 107 cm³/mol. The topological polar surface area (TPSA) is 54.9 Å². The molecule has 26 heavy (non-hydrogen) atoms. The van der Waals surface area contributed by atoms with Crippen molar-refractivity contribution in [3.05, 3.63) is 54.4 Å². The van der Waals surface area contributed by atoms with Gasteiger partial charge in [0, 0.05) is 23.8 Å². The summed E-state index contributed by atoms with van der Waals surface area (Å²) in [4.78, 5) is 22.0. The van der Waals surface area contributed by atoms with E-state index < -0.39 is 0 Å². The maximum absolute atomic E-state index is 12.1. The molecule has 1 aromatic heterocycles. The largest absolute Gasteiger partial charge is 0.355 e. The average molecular weight is 386 g/mol. The summed E-state index contributed by atoms with van der Waals surface area (Å²) >= 11 is 3.01. The van der Waals surface area contributed by atoms with Crippen LogP contribution in [0.4, 0.5) is 0 Å². The molecule has 1 amide bonds. The van der Waals surface area contributed by atoms with E-state index in [1.54, 1.807) is 24.2 Å². The van der Waals surface area contributed by atoms with Crippen molar-refractivity contribution in [1.29, 1.82) is 0 Å². The fraction of sp³-hybridized carbons (Fsp3) is 0.350. The zero-order valence-electron chi connectivity index (χ0n) is 14.7. The highest BCUT2D eigenvalue weighted by molar-refractivity contribution is 8.02. The van der Waals surface area contributed by atoms with E-state index in [0.29, 0.717) is 5.75 Å². The third-order valence-corrected chi connectivity index (χ3v) is 6.19. The molecule has 6 heteroatoms. The second kappa shape index (κ2) is 10.4. The van der Waals surface area contributed by atoms with Crippen molar-refractivity contribution in [3.63, 3.8) is 0 Å². The number of nitrogens with one attached hydrogen (secondary N) is 1. The first-order valence-electron chi connectivity index (χ1n) is 8.92. The normalized spacial score (nSPS) is 13.9. The molecule has 0 bridgehead atoms. The number of thioether (sulfide) groups is 1. The Morgan fingerprint density at radius 1 is 1.08 bits per heavy atom. The van der Waals surface area contributed by atoms with Gasteiger partial charge in [0.25, 0.3) is 0 Å². The minimum Gasteiger partial charge on any atom is -0.355 e. The van der Waals surface area contributed by atoms with Crippen LogP contribution in [0.2, 0.25) is 0 Å². The van der Waals surface area contributed by atoms with Crippen LogP contribution >= 0.6 is 23.5 Å². The molecule has 0 fully saturated rings. The molecule has 1 heterocycles. The van der Waals surface area contributed by atoms with Gasteiger partial charge in [0.05, 0.1) is 5.75 Å². The number of nitrogens with zero attached hydrogens (tertiary/aromatic N) is 2. The number of rotatable bonds is 8. The summed E-state index contributed by atoms with van der Waals surface area (Å²) in [6, 6.07) is 10.1. The maximum atomic E-state index is 12.1. The summed E-state index contributed by atoms with van der Waals surface area (Å²) in [6.45, 7) is 0.720. The van der Waals surface area contributed by atoms with Crippen LogP contribution in [0.25, 0.3) is 0 Å². The van der Waals surface area contributed by atoms with E-state index in [2.05, 4.69) is 21.4 Å². The van der Waals surface area contributed by atoms with Crippen molar-refractivity contribution >= 4 is 29.4 Å². The summed E-state index contributed by atoms with van der Waals surface area (Å²) in [6.07, 6.45) is 11.6. The lowest BCUT2D eigenvalue weighted by Gasteiger charge is -2.13. The molecule has 0 aliphatic heterocycles. The molecule has 4 nitrogen and oxygen atoms in total. The Labute approximate surface area is 163 Å². The van der Waals surface area contributed by atoms with Crippen LogP contribution in [0.15, 0.2) is 69.3 Å². The van der Waals surface area contributed by atoms with Crippen molar-refractivity contribution in [2.75, 3.05) is 12.3 Å². The molecule has 2 aromatic rings. The molecular formula is C20H23N3OS2. The number of allylic oxidation sites excluding steroid dienone is 1. The van der Waals surface area contributed by atoms with Gasteiger partial charge in [-0.3, -0.25) is 4.79 Å². The van der Waals surface area contributed by atoms with E-state index in [1.165, 1.54) is 43.0 Å².